The third-order valence-electron chi connectivity index (χ3n) is 4.89. The summed E-state index contributed by atoms with van der Waals surface area (Å²) in [7, 11) is 0. The van der Waals surface area contributed by atoms with Crippen molar-refractivity contribution in [2.75, 3.05) is 6.61 Å². The fourth-order valence-electron chi connectivity index (χ4n) is 3.01. The number of nitrogens with zero attached hydrogens (tertiary/aromatic N) is 2. The van der Waals surface area contributed by atoms with Gasteiger partial charge in [-0.3, -0.25) is 0 Å². The number of hydrogen-bond donors (Lipinski definition) is 0. The number of ketones is 1. The van der Waals surface area contributed by atoms with Gasteiger partial charge in [0.25, 0.3) is 0 Å². The molecule has 5 heteroatoms. The van der Waals surface area contributed by atoms with Gasteiger partial charge in [-0.2, -0.15) is 0 Å². The van der Waals surface area contributed by atoms with Crippen LogP contribution in [0.5, 0.6) is 0 Å². The minimum Gasteiger partial charge on any atom is -0.352 e. The molecule has 5 atom stereocenters. The van der Waals surface area contributed by atoms with Gasteiger partial charge in [-0.05, 0) is 25.2 Å². The molecule has 5 unspecified atom stereocenters. The normalized spacial score (nSPS) is 32.1. The van der Waals surface area contributed by atoms with Crippen LogP contribution in [0, 0.1) is 17.8 Å². The van der Waals surface area contributed by atoms with E-state index in [1.165, 1.54) is 0 Å². The summed E-state index contributed by atoms with van der Waals surface area (Å²) in [5, 5.41) is 0. The molecule has 0 spiro atoms. The van der Waals surface area contributed by atoms with Crippen molar-refractivity contribution in [2.45, 2.75) is 59.5 Å². The first kappa shape index (κ1) is 17.2. The van der Waals surface area contributed by atoms with Gasteiger partial charge >= 0.3 is 0 Å². The van der Waals surface area contributed by atoms with Crippen LogP contribution in [0.1, 0.15) is 40.5 Å². The van der Waals surface area contributed by atoms with Gasteiger partial charge in [0.1, 0.15) is 5.78 Å². The molecule has 124 valence electrons. The molecule has 0 amide bonds. The van der Waals surface area contributed by atoms with Crippen LogP contribution in [-0.2, 0) is 20.8 Å². The quantitative estimate of drug-likeness (QED) is 0.727. The number of imidazole rings is 1. The van der Waals surface area contributed by atoms with Crippen molar-refractivity contribution < 1.29 is 14.3 Å². The zero-order chi connectivity index (χ0) is 16.1. The van der Waals surface area contributed by atoms with Gasteiger partial charge in [-0.15, -0.1) is 0 Å². The summed E-state index contributed by atoms with van der Waals surface area (Å²) in [5.41, 5.74) is 0. The molecule has 22 heavy (non-hydrogen) atoms. The molecule has 1 fully saturated rings. The molecular formula is C17H28N2O3. The molecule has 5 nitrogen and oxygen atoms in total. The Kier molecular flexibility index (Phi) is 6.15. The summed E-state index contributed by atoms with van der Waals surface area (Å²) in [6.07, 6.45) is 6.84. The van der Waals surface area contributed by atoms with Crippen LogP contribution in [0.3, 0.4) is 0 Å². The van der Waals surface area contributed by atoms with Gasteiger partial charge in [0, 0.05) is 24.7 Å². The number of hydrogen-bond acceptors (Lipinski definition) is 4. The van der Waals surface area contributed by atoms with E-state index in [2.05, 4.69) is 30.3 Å². The molecule has 2 rings (SSSR count). The van der Waals surface area contributed by atoms with Crippen LogP contribution >= 0.6 is 0 Å². The smallest absolute Gasteiger partial charge is 0.160 e. The van der Waals surface area contributed by atoms with Crippen LogP contribution in [0.15, 0.2) is 18.7 Å². The fraction of sp³-hybridized carbons (Fsp3) is 0.765. The molecule has 1 aromatic heterocycles. The number of Topliss-reactive ketones (excluding diaryl/α,β-unsaturated/α-hetero) is 1. The van der Waals surface area contributed by atoms with Crippen LogP contribution in [-0.4, -0.2) is 34.3 Å². The molecule has 1 aliphatic rings. The Morgan fingerprint density at radius 2 is 2.05 bits per heavy atom. The predicted octanol–water partition coefficient (Wildman–Crippen LogP) is 2.90. The Hall–Kier alpha value is -1.20. The van der Waals surface area contributed by atoms with Crippen molar-refractivity contribution >= 4 is 5.78 Å². The van der Waals surface area contributed by atoms with Crippen LogP contribution in [0.4, 0.5) is 0 Å². The standard InChI is InChI=1S/C17H28N2O3/c1-12(20)6-5-9-21-17-15(4)13(2)14(3)16(22-17)10-19-8-7-18-11-19/h7-8,11,13-17H,5-6,9-10H2,1-4H3. The Bertz CT molecular complexity index is 460. The van der Waals surface area contributed by atoms with Crippen molar-refractivity contribution in [3.8, 4) is 0 Å². The van der Waals surface area contributed by atoms with Crippen molar-refractivity contribution in [3.05, 3.63) is 18.7 Å². The molecule has 0 aliphatic carbocycles. The summed E-state index contributed by atoms with van der Waals surface area (Å²) in [6.45, 7) is 9.69. The van der Waals surface area contributed by atoms with E-state index >= 15 is 0 Å². The Balaban J connectivity index is 1.90. The zero-order valence-corrected chi connectivity index (χ0v) is 14.1. The molecule has 0 N–H and O–H groups in total. The minimum absolute atomic E-state index is 0.123. The highest BCUT2D eigenvalue weighted by molar-refractivity contribution is 5.75. The van der Waals surface area contributed by atoms with Gasteiger partial charge in [-0.1, -0.05) is 20.8 Å². The van der Waals surface area contributed by atoms with Crippen molar-refractivity contribution in [1.82, 2.24) is 9.55 Å². The molecule has 1 aromatic rings. The lowest BCUT2D eigenvalue weighted by Gasteiger charge is -2.43. The summed E-state index contributed by atoms with van der Waals surface area (Å²) in [4.78, 5) is 15.1. The molecular weight excluding hydrogens is 280 g/mol. The van der Waals surface area contributed by atoms with E-state index in [4.69, 9.17) is 9.47 Å². The minimum atomic E-state index is -0.188. The second-order valence-corrected chi connectivity index (χ2v) is 6.56. The highest BCUT2D eigenvalue weighted by atomic mass is 16.7. The van der Waals surface area contributed by atoms with E-state index in [0.717, 1.165) is 13.0 Å². The van der Waals surface area contributed by atoms with Gasteiger partial charge in [-0.25, -0.2) is 4.98 Å². The van der Waals surface area contributed by atoms with E-state index in [1.54, 1.807) is 13.1 Å². The Labute approximate surface area is 133 Å². The maximum atomic E-state index is 11.0. The van der Waals surface area contributed by atoms with Gasteiger partial charge in [0.15, 0.2) is 6.29 Å². The number of carbonyl (C=O) groups is 1. The Morgan fingerprint density at radius 1 is 1.27 bits per heavy atom. The predicted molar refractivity (Wildman–Crippen MR) is 84.2 cm³/mol. The van der Waals surface area contributed by atoms with E-state index < -0.39 is 0 Å². The summed E-state index contributed by atoms with van der Waals surface area (Å²) >= 11 is 0. The summed E-state index contributed by atoms with van der Waals surface area (Å²) < 4.78 is 14.2. The largest absolute Gasteiger partial charge is 0.352 e. The number of ether oxygens (including phenoxy) is 2. The maximum absolute atomic E-state index is 11.0. The molecule has 1 aliphatic heterocycles. The molecule has 1 saturated heterocycles. The highest BCUT2D eigenvalue weighted by Crippen LogP contribution is 2.36. The molecule has 0 saturated carbocycles. The SMILES string of the molecule is CC(=O)CCCOC1OC(Cn2ccnc2)C(C)C(C)C1C. The first-order valence-corrected chi connectivity index (χ1v) is 8.21. The molecule has 0 bridgehead atoms. The zero-order valence-electron chi connectivity index (χ0n) is 14.1. The number of carbonyl (C=O) groups excluding carboxylic acids is 1. The second kappa shape index (κ2) is 7.88. The van der Waals surface area contributed by atoms with Crippen LogP contribution in [0.25, 0.3) is 0 Å². The third kappa shape index (κ3) is 4.40. The van der Waals surface area contributed by atoms with Gasteiger partial charge in [0.2, 0.25) is 0 Å². The first-order valence-electron chi connectivity index (χ1n) is 8.21. The molecule has 2 heterocycles. The van der Waals surface area contributed by atoms with Crippen LogP contribution < -0.4 is 0 Å². The van der Waals surface area contributed by atoms with E-state index in [1.807, 2.05) is 12.5 Å². The topological polar surface area (TPSA) is 53.4 Å². The van der Waals surface area contributed by atoms with E-state index in [-0.39, 0.29) is 18.2 Å². The van der Waals surface area contributed by atoms with Gasteiger partial charge < -0.3 is 18.8 Å². The number of rotatable bonds is 7. The first-order chi connectivity index (χ1) is 10.5. The maximum Gasteiger partial charge on any atom is 0.160 e. The lowest BCUT2D eigenvalue weighted by atomic mass is 9.79. The van der Waals surface area contributed by atoms with Crippen molar-refractivity contribution in [1.29, 1.82) is 0 Å². The van der Waals surface area contributed by atoms with E-state index in [9.17, 15) is 4.79 Å². The summed E-state index contributed by atoms with van der Waals surface area (Å²) in [6, 6.07) is 0. The van der Waals surface area contributed by atoms with Crippen LogP contribution in [0.2, 0.25) is 0 Å². The van der Waals surface area contributed by atoms with Crippen molar-refractivity contribution in [2.24, 2.45) is 17.8 Å². The average Bonchev–Trinajstić information content (AvgIpc) is 2.98. The number of aromatic nitrogens is 2. The fourth-order valence-corrected chi connectivity index (χ4v) is 3.01. The summed E-state index contributed by atoms with van der Waals surface area (Å²) in [5.74, 6) is 1.56. The van der Waals surface area contributed by atoms with Crippen molar-refractivity contribution in [3.63, 3.8) is 0 Å². The monoisotopic (exact) mass is 308 g/mol. The molecule has 0 radical (unpaired) electrons. The second-order valence-electron chi connectivity index (χ2n) is 6.56. The average molecular weight is 308 g/mol. The highest BCUT2D eigenvalue weighted by Gasteiger charge is 2.39. The Morgan fingerprint density at radius 3 is 2.68 bits per heavy atom. The lowest BCUT2D eigenvalue weighted by Crippen LogP contribution is -2.47. The third-order valence-corrected chi connectivity index (χ3v) is 4.89. The molecule has 0 aromatic carbocycles. The van der Waals surface area contributed by atoms with Gasteiger partial charge in [0.05, 0.1) is 25.6 Å². The lowest BCUT2D eigenvalue weighted by molar-refractivity contribution is -0.250. The van der Waals surface area contributed by atoms with E-state index in [0.29, 0.717) is 30.8 Å².